The molecule has 0 bridgehead atoms. The molecule has 0 amide bonds. The Kier molecular flexibility index (Phi) is 4.59. The average Bonchev–Trinajstić information content (AvgIpc) is 2.58. The average molecular weight is 361 g/mol. The van der Waals surface area contributed by atoms with Crippen LogP contribution in [0.5, 0.6) is 0 Å². The van der Waals surface area contributed by atoms with Crippen LogP contribution < -0.4 is 5.32 Å². The molecule has 120 valence electrons. The zero-order chi connectivity index (χ0) is 17.1. The van der Waals surface area contributed by atoms with Crippen molar-refractivity contribution in [2.45, 2.75) is 0 Å². The van der Waals surface area contributed by atoms with Gasteiger partial charge < -0.3 is 5.32 Å². The van der Waals surface area contributed by atoms with Gasteiger partial charge in [0, 0.05) is 29.6 Å². The van der Waals surface area contributed by atoms with Crippen LogP contribution in [-0.4, -0.2) is 14.9 Å². The van der Waals surface area contributed by atoms with E-state index in [9.17, 15) is 10.1 Å². The number of non-ortho nitro benzene ring substituents is 1. The van der Waals surface area contributed by atoms with E-state index in [2.05, 4.69) is 15.3 Å². The van der Waals surface area contributed by atoms with E-state index in [1.54, 1.807) is 36.5 Å². The van der Waals surface area contributed by atoms with E-state index in [1.165, 1.54) is 12.1 Å². The molecular weight excluding hydrogens is 351 g/mol. The summed E-state index contributed by atoms with van der Waals surface area (Å²) in [5.41, 5.74) is 2.14. The van der Waals surface area contributed by atoms with Gasteiger partial charge in [-0.1, -0.05) is 29.3 Å². The molecule has 1 N–H and O–H groups in total. The molecule has 24 heavy (non-hydrogen) atoms. The summed E-state index contributed by atoms with van der Waals surface area (Å²) in [5, 5.41) is 14.6. The first-order valence-electron chi connectivity index (χ1n) is 6.83. The molecule has 0 aliphatic heterocycles. The van der Waals surface area contributed by atoms with Crippen molar-refractivity contribution in [3.63, 3.8) is 0 Å². The fourth-order valence-electron chi connectivity index (χ4n) is 2.03. The SMILES string of the molecule is O=[N+]([O-])c1ccc(Nc2nccc(-c3ccc(Cl)c(Cl)c3)n2)cc1. The number of hydrogen-bond acceptors (Lipinski definition) is 5. The predicted molar refractivity (Wildman–Crippen MR) is 93.9 cm³/mol. The minimum Gasteiger partial charge on any atom is -0.324 e. The second-order valence-corrected chi connectivity index (χ2v) is 5.64. The topological polar surface area (TPSA) is 81.0 Å². The normalized spacial score (nSPS) is 10.4. The molecule has 6 nitrogen and oxygen atoms in total. The highest BCUT2D eigenvalue weighted by Gasteiger charge is 2.07. The minimum absolute atomic E-state index is 0.0195. The van der Waals surface area contributed by atoms with Crippen molar-refractivity contribution >= 4 is 40.5 Å². The fourth-order valence-corrected chi connectivity index (χ4v) is 2.33. The second kappa shape index (κ2) is 6.82. The van der Waals surface area contributed by atoms with Crippen molar-refractivity contribution in [1.82, 2.24) is 9.97 Å². The number of nitrogens with one attached hydrogen (secondary N) is 1. The molecule has 1 aromatic heterocycles. The Hall–Kier alpha value is -2.70. The van der Waals surface area contributed by atoms with Gasteiger partial charge in [0.05, 0.1) is 20.7 Å². The zero-order valence-electron chi connectivity index (χ0n) is 12.1. The third kappa shape index (κ3) is 3.61. The van der Waals surface area contributed by atoms with E-state index in [0.717, 1.165) is 5.56 Å². The molecule has 0 aliphatic rings. The summed E-state index contributed by atoms with van der Waals surface area (Å²) in [4.78, 5) is 18.8. The van der Waals surface area contributed by atoms with Crippen molar-refractivity contribution in [2.75, 3.05) is 5.32 Å². The Balaban J connectivity index is 1.84. The Morgan fingerprint density at radius 1 is 1.00 bits per heavy atom. The van der Waals surface area contributed by atoms with Crippen molar-refractivity contribution in [2.24, 2.45) is 0 Å². The van der Waals surface area contributed by atoms with E-state index in [1.807, 2.05) is 6.07 Å². The van der Waals surface area contributed by atoms with Gasteiger partial charge in [0.1, 0.15) is 0 Å². The molecule has 0 saturated heterocycles. The molecular formula is C16H10Cl2N4O2. The number of nitro benzene ring substituents is 1. The van der Waals surface area contributed by atoms with Crippen molar-refractivity contribution < 1.29 is 4.92 Å². The van der Waals surface area contributed by atoms with Crippen LogP contribution in [0.25, 0.3) is 11.3 Å². The first-order valence-corrected chi connectivity index (χ1v) is 7.58. The summed E-state index contributed by atoms with van der Waals surface area (Å²) in [6, 6.07) is 13.0. The Bertz CT molecular complexity index is 901. The molecule has 3 rings (SSSR count). The van der Waals surface area contributed by atoms with E-state index >= 15 is 0 Å². The van der Waals surface area contributed by atoms with Crippen LogP contribution in [0.1, 0.15) is 0 Å². The van der Waals surface area contributed by atoms with Gasteiger partial charge >= 0.3 is 0 Å². The standard InChI is InChI=1S/C16H10Cl2N4O2/c17-13-6-1-10(9-14(13)18)15-7-8-19-16(21-15)20-11-2-4-12(5-3-11)22(23)24/h1-9H,(H,19,20,21). The van der Waals surface area contributed by atoms with Crippen LogP contribution in [0.3, 0.4) is 0 Å². The molecule has 8 heteroatoms. The first kappa shape index (κ1) is 16.2. The maximum absolute atomic E-state index is 10.7. The summed E-state index contributed by atoms with van der Waals surface area (Å²) in [6.07, 6.45) is 1.61. The third-order valence-corrected chi connectivity index (χ3v) is 3.94. The van der Waals surface area contributed by atoms with Gasteiger partial charge in [0.25, 0.3) is 5.69 Å². The van der Waals surface area contributed by atoms with Crippen LogP contribution in [0, 0.1) is 10.1 Å². The molecule has 0 aliphatic carbocycles. The molecule has 2 aromatic carbocycles. The largest absolute Gasteiger partial charge is 0.324 e. The smallest absolute Gasteiger partial charge is 0.269 e. The number of benzene rings is 2. The van der Waals surface area contributed by atoms with Crippen molar-refractivity contribution in [3.05, 3.63) is 74.9 Å². The summed E-state index contributed by atoms with van der Waals surface area (Å²) < 4.78 is 0. The highest BCUT2D eigenvalue weighted by atomic mass is 35.5. The van der Waals surface area contributed by atoms with Crippen molar-refractivity contribution in [3.8, 4) is 11.3 Å². The Morgan fingerprint density at radius 3 is 2.42 bits per heavy atom. The van der Waals surface area contributed by atoms with Crippen molar-refractivity contribution in [1.29, 1.82) is 0 Å². The zero-order valence-corrected chi connectivity index (χ0v) is 13.6. The van der Waals surface area contributed by atoms with Crippen LogP contribution in [-0.2, 0) is 0 Å². The summed E-state index contributed by atoms with van der Waals surface area (Å²) in [6.45, 7) is 0. The number of hydrogen-bond donors (Lipinski definition) is 1. The number of rotatable bonds is 4. The van der Waals surface area contributed by atoms with Crippen LogP contribution in [0.2, 0.25) is 10.0 Å². The van der Waals surface area contributed by atoms with Gasteiger partial charge in [-0.15, -0.1) is 0 Å². The highest BCUT2D eigenvalue weighted by molar-refractivity contribution is 6.42. The van der Waals surface area contributed by atoms with E-state index in [4.69, 9.17) is 23.2 Å². The highest BCUT2D eigenvalue weighted by Crippen LogP contribution is 2.28. The van der Waals surface area contributed by atoms with Gasteiger partial charge in [-0.05, 0) is 30.3 Å². The van der Waals surface area contributed by atoms with Gasteiger partial charge in [0.2, 0.25) is 5.95 Å². The molecule has 0 unspecified atom stereocenters. The lowest BCUT2D eigenvalue weighted by molar-refractivity contribution is -0.384. The molecule has 0 fully saturated rings. The molecule has 1 heterocycles. The third-order valence-electron chi connectivity index (χ3n) is 3.21. The van der Waals surface area contributed by atoms with Gasteiger partial charge in [-0.25, -0.2) is 9.97 Å². The van der Waals surface area contributed by atoms with Gasteiger partial charge in [-0.3, -0.25) is 10.1 Å². The summed E-state index contributed by atoms with van der Waals surface area (Å²) >= 11 is 11.9. The molecule has 3 aromatic rings. The molecule has 0 radical (unpaired) electrons. The van der Waals surface area contributed by atoms with Crippen LogP contribution >= 0.6 is 23.2 Å². The number of anilines is 2. The maximum atomic E-state index is 10.7. The van der Waals surface area contributed by atoms with E-state index < -0.39 is 4.92 Å². The monoisotopic (exact) mass is 360 g/mol. The van der Waals surface area contributed by atoms with Gasteiger partial charge in [0.15, 0.2) is 0 Å². The predicted octanol–water partition coefficient (Wildman–Crippen LogP) is 5.10. The number of nitro groups is 1. The maximum Gasteiger partial charge on any atom is 0.269 e. The van der Waals surface area contributed by atoms with Gasteiger partial charge in [-0.2, -0.15) is 0 Å². The lowest BCUT2D eigenvalue weighted by atomic mass is 10.1. The first-order chi connectivity index (χ1) is 11.5. The Labute approximate surface area is 147 Å². The second-order valence-electron chi connectivity index (χ2n) is 4.82. The lowest BCUT2D eigenvalue weighted by Gasteiger charge is -2.07. The molecule has 0 atom stereocenters. The van der Waals surface area contributed by atoms with E-state index in [0.29, 0.717) is 27.4 Å². The lowest BCUT2D eigenvalue weighted by Crippen LogP contribution is -1.98. The van der Waals surface area contributed by atoms with Crippen LogP contribution in [0.4, 0.5) is 17.3 Å². The molecule has 0 saturated carbocycles. The number of aromatic nitrogens is 2. The molecule has 0 spiro atoms. The number of nitrogens with zero attached hydrogens (tertiary/aromatic N) is 3. The summed E-state index contributed by atoms with van der Waals surface area (Å²) in [5.74, 6) is 0.368. The summed E-state index contributed by atoms with van der Waals surface area (Å²) in [7, 11) is 0. The van der Waals surface area contributed by atoms with E-state index in [-0.39, 0.29) is 5.69 Å². The fraction of sp³-hybridized carbons (Fsp3) is 0. The quantitative estimate of drug-likeness (QED) is 0.516. The van der Waals surface area contributed by atoms with Crippen LogP contribution in [0.15, 0.2) is 54.7 Å². The minimum atomic E-state index is -0.453. The Morgan fingerprint density at radius 2 is 1.75 bits per heavy atom. The number of halogens is 2.